The summed E-state index contributed by atoms with van der Waals surface area (Å²) in [6.45, 7) is 5.18. The van der Waals surface area contributed by atoms with Crippen LogP contribution in [-0.2, 0) is 16.1 Å². The summed E-state index contributed by atoms with van der Waals surface area (Å²) in [7, 11) is 0. The van der Waals surface area contributed by atoms with Gasteiger partial charge in [0, 0.05) is 37.6 Å². The highest BCUT2D eigenvalue weighted by Crippen LogP contribution is 2.28. The van der Waals surface area contributed by atoms with E-state index in [0.717, 1.165) is 29.0 Å². The predicted octanol–water partition coefficient (Wildman–Crippen LogP) is 2.82. The number of aliphatic carboxylic acids is 1. The van der Waals surface area contributed by atoms with Gasteiger partial charge in [0.1, 0.15) is 12.4 Å². The van der Waals surface area contributed by atoms with Crippen LogP contribution >= 0.6 is 0 Å². The van der Waals surface area contributed by atoms with E-state index < -0.39 is 5.97 Å². The first kappa shape index (κ1) is 18.4. The van der Waals surface area contributed by atoms with E-state index >= 15 is 0 Å². The van der Waals surface area contributed by atoms with Crippen molar-refractivity contribution in [1.29, 1.82) is 0 Å². The largest absolute Gasteiger partial charge is 0.489 e. The van der Waals surface area contributed by atoms with Crippen molar-refractivity contribution in [3.05, 3.63) is 59.4 Å². The molecule has 138 valence electrons. The number of ether oxygens (including phenoxy) is 2. The van der Waals surface area contributed by atoms with Crippen molar-refractivity contribution in [3.63, 3.8) is 0 Å². The third-order valence-corrected chi connectivity index (χ3v) is 4.51. The van der Waals surface area contributed by atoms with Gasteiger partial charge in [0.15, 0.2) is 0 Å². The van der Waals surface area contributed by atoms with Crippen molar-refractivity contribution < 1.29 is 19.4 Å². The molecule has 1 aromatic heterocycles. The van der Waals surface area contributed by atoms with Crippen molar-refractivity contribution in [3.8, 4) is 5.75 Å². The van der Waals surface area contributed by atoms with E-state index in [2.05, 4.69) is 9.88 Å². The number of rotatable bonds is 7. The van der Waals surface area contributed by atoms with Crippen LogP contribution in [0.4, 0.5) is 0 Å². The number of carbonyl (C=O) groups is 1. The predicted molar refractivity (Wildman–Crippen MR) is 97.1 cm³/mol. The molecule has 1 aliphatic heterocycles. The number of morpholine rings is 1. The minimum atomic E-state index is -0.764. The molecule has 6 heteroatoms. The summed E-state index contributed by atoms with van der Waals surface area (Å²) in [5.41, 5.74) is 3.26. The summed E-state index contributed by atoms with van der Waals surface area (Å²) < 4.78 is 11.8. The first-order chi connectivity index (χ1) is 12.6. The molecule has 1 N–H and O–H groups in total. The number of pyridine rings is 1. The number of hydrogen-bond acceptors (Lipinski definition) is 5. The number of carboxylic acids is 1. The van der Waals surface area contributed by atoms with Gasteiger partial charge in [0.05, 0.1) is 19.1 Å². The lowest BCUT2D eigenvalue weighted by Crippen LogP contribution is -2.39. The summed E-state index contributed by atoms with van der Waals surface area (Å²) >= 11 is 0. The zero-order chi connectivity index (χ0) is 18.4. The van der Waals surface area contributed by atoms with Gasteiger partial charge in [0.25, 0.3) is 0 Å². The fourth-order valence-electron chi connectivity index (χ4n) is 3.10. The number of nitrogens with zero attached hydrogens (tertiary/aromatic N) is 2. The summed E-state index contributed by atoms with van der Waals surface area (Å²) in [5, 5.41) is 8.86. The molecule has 6 nitrogen and oxygen atoms in total. The molecule has 0 saturated carbocycles. The zero-order valence-electron chi connectivity index (χ0n) is 14.9. The van der Waals surface area contributed by atoms with Crippen molar-refractivity contribution in [2.45, 2.75) is 26.1 Å². The van der Waals surface area contributed by atoms with E-state index in [9.17, 15) is 4.79 Å². The second kappa shape index (κ2) is 8.78. The molecule has 1 fully saturated rings. The van der Waals surface area contributed by atoms with E-state index in [-0.39, 0.29) is 12.5 Å². The van der Waals surface area contributed by atoms with E-state index in [0.29, 0.717) is 26.3 Å². The number of aromatic nitrogens is 1. The Bertz CT molecular complexity index is 736. The van der Waals surface area contributed by atoms with Crippen LogP contribution in [0.1, 0.15) is 29.2 Å². The molecule has 0 bridgehead atoms. The number of benzene rings is 1. The lowest BCUT2D eigenvalue weighted by Gasteiger charge is -2.33. The standard InChI is InChI=1S/C20H24N2O4/c1-15-11-17(26-14-16-3-2-7-21-12-16)4-5-18(15)19-13-22(9-10-25-19)8-6-20(23)24/h2-5,7,11-12,19H,6,8-10,13-14H2,1H3,(H,23,24). The van der Waals surface area contributed by atoms with Crippen molar-refractivity contribution >= 4 is 5.97 Å². The van der Waals surface area contributed by atoms with Gasteiger partial charge >= 0.3 is 5.97 Å². The lowest BCUT2D eigenvalue weighted by atomic mass is 10.0. The Labute approximate surface area is 153 Å². The minimum Gasteiger partial charge on any atom is -0.489 e. The Morgan fingerprint density at radius 1 is 1.42 bits per heavy atom. The molecule has 1 saturated heterocycles. The smallest absolute Gasteiger partial charge is 0.304 e. The van der Waals surface area contributed by atoms with Gasteiger partial charge in [-0.2, -0.15) is 0 Å². The molecule has 0 amide bonds. The Morgan fingerprint density at radius 2 is 2.31 bits per heavy atom. The first-order valence-electron chi connectivity index (χ1n) is 8.80. The minimum absolute atomic E-state index is 0.0371. The van der Waals surface area contributed by atoms with Gasteiger partial charge in [-0.1, -0.05) is 12.1 Å². The third kappa shape index (κ3) is 5.03. The molecule has 2 heterocycles. The average Bonchev–Trinajstić information content (AvgIpc) is 2.66. The lowest BCUT2D eigenvalue weighted by molar-refractivity contribution is -0.137. The molecule has 2 aromatic rings. The van der Waals surface area contributed by atoms with Gasteiger partial charge in [-0.05, 0) is 36.2 Å². The maximum Gasteiger partial charge on any atom is 0.304 e. The molecule has 1 unspecified atom stereocenters. The van der Waals surface area contributed by atoms with Crippen molar-refractivity contribution in [2.75, 3.05) is 26.2 Å². The van der Waals surface area contributed by atoms with Gasteiger partial charge in [0.2, 0.25) is 0 Å². The molecular weight excluding hydrogens is 332 g/mol. The molecule has 26 heavy (non-hydrogen) atoms. The molecule has 0 spiro atoms. The monoisotopic (exact) mass is 356 g/mol. The highest BCUT2D eigenvalue weighted by Gasteiger charge is 2.23. The quantitative estimate of drug-likeness (QED) is 0.822. The molecule has 3 rings (SSSR count). The SMILES string of the molecule is Cc1cc(OCc2cccnc2)ccc1C1CN(CCC(=O)O)CCO1. The van der Waals surface area contributed by atoms with Gasteiger partial charge in [-0.3, -0.25) is 14.7 Å². The fraction of sp³-hybridized carbons (Fsp3) is 0.400. The summed E-state index contributed by atoms with van der Waals surface area (Å²) in [6, 6.07) is 9.89. The second-order valence-electron chi connectivity index (χ2n) is 6.47. The van der Waals surface area contributed by atoms with Crippen LogP contribution in [0.5, 0.6) is 5.75 Å². The van der Waals surface area contributed by atoms with Gasteiger partial charge < -0.3 is 14.6 Å². The molecule has 0 radical (unpaired) electrons. The number of carboxylic acid groups (broad SMARTS) is 1. The molecule has 0 aliphatic carbocycles. The Balaban J connectivity index is 1.60. The van der Waals surface area contributed by atoms with Gasteiger partial charge in [-0.15, -0.1) is 0 Å². The van der Waals surface area contributed by atoms with E-state index in [1.54, 1.807) is 12.4 Å². The van der Waals surface area contributed by atoms with E-state index in [1.165, 1.54) is 0 Å². The summed E-state index contributed by atoms with van der Waals surface area (Å²) in [4.78, 5) is 17.0. The van der Waals surface area contributed by atoms with Gasteiger partial charge in [-0.25, -0.2) is 0 Å². The molecule has 1 atom stereocenters. The molecular formula is C20H24N2O4. The zero-order valence-corrected chi connectivity index (χ0v) is 14.9. The Morgan fingerprint density at radius 3 is 3.04 bits per heavy atom. The summed E-state index contributed by atoms with van der Waals surface area (Å²) in [6.07, 6.45) is 3.66. The average molecular weight is 356 g/mol. The van der Waals surface area contributed by atoms with Crippen LogP contribution in [0.15, 0.2) is 42.7 Å². The Hall–Kier alpha value is -2.44. The topological polar surface area (TPSA) is 71.9 Å². The fourth-order valence-corrected chi connectivity index (χ4v) is 3.10. The van der Waals surface area contributed by atoms with E-state index in [4.69, 9.17) is 14.6 Å². The van der Waals surface area contributed by atoms with Crippen LogP contribution in [0.25, 0.3) is 0 Å². The summed E-state index contributed by atoms with van der Waals surface area (Å²) in [5.74, 6) is 0.0491. The molecule has 1 aliphatic rings. The van der Waals surface area contributed by atoms with Crippen LogP contribution in [0.3, 0.4) is 0 Å². The maximum atomic E-state index is 10.8. The highest BCUT2D eigenvalue weighted by molar-refractivity contribution is 5.66. The number of hydrogen-bond donors (Lipinski definition) is 1. The maximum absolute atomic E-state index is 10.8. The van der Waals surface area contributed by atoms with Crippen LogP contribution in [-0.4, -0.2) is 47.2 Å². The van der Waals surface area contributed by atoms with Crippen LogP contribution in [0.2, 0.25) is 0 Å². The van der Waals surface area contributed by atoms with Crippen LogP contribution < -0.4 is 4.74 Å². The highest BCUT2D eigenvalue weighted by atomic mass is 16.5. The van der Waals surface area contributed by atoms with E-state index in [1.807, 2.05) is 37.3 Å². The van der Waals surface area contributed by atoms with Crippen molar-refractivity contribution in [1.82, 2.24) is 9.88 Å². The normalized spacial score (nSPS) is 17.8. The van der Waals surface area contributed by atoms with Crippen molar-refractivity contribution in [2.24, 2.45) is 0 Å². The Kier molecular flexibility index (Phi) is 6.20. The second-order valence-corrected chi connectivity index (χ2v) is 6.47. The molecule has 1 aromatic carbocycles. The first-order valence-corrected chi connectivity index (χ1v) is 8.80. The number of aryl methyl sites for hydroxylation is 1. The third-order valence-electron chi connectivity index (χ3n) is 4.51. The van der Waals surface area contributed by atoms with Crippen LogP contribution in [0, 0.1) is 6.92 Å².